The van der Waals surface area contributed by atoms with Crippen LogP contribution in [0.3, 0.4) is 0 Å². The molecule has 1 aliphatic heterocycles. The Bertz CT molecular complexity index is 907. The van der Waals surface area contributed by atoms with Crippen LogP contribution in [0.1, 0.15) is 15.9 Å². The minimum Gasteiger partial charge on any atom is -0.452 e. The van der Waals surface area contributed by atoms with Crippen molar-refractivity contribution in [3.8, 4) is 17.2 Å². The maximum Gasteiger partial charge on any atom is 0.387 e. The summed E-state index contributed by atoms with van der Waals surface area (Å²) < 4.78 is 44.7. The summed E-state index contributed by atoms with van der Waals surface area (Å²) in [5.74, 6) is -0.785. The van der Waals surface area contributed by atoms with Crippen LogP contribution < -0.4 is 14.2 Å². The van der Waals surface area contributed by atoms with E-state index < -0.39 is 18.4 Å². The van der Waals surface area contributed by atoms with Crippen molar-refractivity contribution in [1.82, 2.24) is 0 Å². The third kappa shape index (κ3) is 4.29. The van der Waals surface area contributed by atoms with Gasteiger partial charge < -0.3 is 18.9 Å². The Balaban J connectivity index is 1.85. The summed E-state index contributed by atoms with van der Waals surface area (Å²) in [5, 5.41) is 0. The number of methoxy groups -OCH3 is 1. The van der Waals surface area contributed by atoms with Gasteiger partial charge in [-0.15, -0.1) is 0 Å². The van der Waals surface area contributed by atoms with Crippen LogP contribution in [-0.2, 0) is 9.53 Å². The second kappa shape index (κ2) is 7.96. The van der Waals surface area contributed by atoms with Crippen LogP contribution in [0, 0.1) is 0 Å². The zero-order valence-electron chi connectivity index (χ0n) is 14.1. The van der Waals surface area contributed by atoms with Crippen molar-refractivity contribution in [2.24, 2.45) is 0 Å². The molecule has 3 rings (SSSR count). The van der Waals surface area contributed by atoms with E-state index in [0.717, 1.165) is 0 Å². The van der Waals surface area contributed by atoms with Gasteiger partial charge in [0.1, 0.15) is 23.9 Å². The second-order valence-corrected chi connectivity index (χ2v) is 5.42. The summed E-state index contributed by atoms with van der Waals surface area (Å²) in [5.41, 5.74) is 0.528. The summed E-state index contributed by atoms with van der Waals surface area (Å²) in [4.78, 5) is 23.9. The Kier molecular flexibility index (Phi) is 5.46. The first-order chi connectivity index (χ1) is 13.0. The number of esters is 1. The SMILES string of the molecule is COCC(=O)Oc1ccc2c(c1)O/C(=C\c1ccccc1OC(F)F)C2=O. The Morgan fingerprint density at radius 3 is 2.74 bits per heavy atom. The highest BCUT2D eigenvalue weighted by molar-refractivity contribution is 6.14. The summed E-state index contributed by atoms with van der Waals surface area (Å²) >= 11 is 0. The molecule has 0 aliphatic carbocycles. The lowest BCUT2D eigenvalue weighted by molar-refractivity contribution is -0.138. The number of hydrogen-bond donors (Lipinski definition) is 0. The molecule has 1 heterocycles. The predicted molar refractivity (Wildman–Crippen MR) is 90.0 cm³/mol. The van der Waals surface area contributed by atoms with Crippen LogP contribution >= 0.6 is 0 Å². The fourth-order valence-electron chi connectivity index (χ4n) is 2.45. The normalized spacial score (nSPS) is 14.2. The minimum absolute atomic E-state index is 0.0596. The van der Waals surface area contributed by atoms with Crippen molar-refractivity contribution in [3.05, 3.63) is 59.4 Å². The van der Waals surface area contributed by atoms with Gasteiger partial charge in [-0.2, -0.15) is 8.78 Å². The number of halogens is 2. The molecule has 2 aromatic rings. The maximum atomic E-state index is 12.5. The summed E-state index contributed by atoms with van der Waals surface area (Å²) in [6, 6.07) is 10.3. The lowest BCUT2D eigenvalue weighted by Crippen LogP contribution is -2.14. The van der Waals surface area contributed by atoms with E-state index in [1.807, 2.05) is 0 Å². The molecule has 0 amide bonds. The zero-order valence-corrected chi connectivity index (χ0v) is 14.1. The van der Waals surface area contributed by atoms with Gasteiger partial charge in [-0.05, 0) is 24.3 Å². The van der Waals surface area contributed by atoms with E-state index in [2.05, 4.69) is 9.47 Å². The number of ether oxygens (including phenoxy) is 4. The van der Waals surface area contributed by atoms with Crippen molar-refractivity contribution < 1.29 is 37.3 Å². The molecule has 0 atom stereocenters. The molecule has 0 radical (unpaired) electrons. The molecule has 2 aromatic carbocycles. The van der Waals surface area contributed by atoms with E-state index in [-0.39, 0.29) is 40.7 Å². The molecule has 27 heavy (non-hydrogen) atoms. The standard InChI is InChI=1S/C19H14F2O6/c1-24-10-17(22)25-12-6-7-13-15(9-12)26-16(18(13)23)8-11-4-2-3-5-14(11)27-19(20)21/h2-9,19H,10H2,1H3/b16-8-. The number of benzene rings is 2. The van der Waals surface area contributed by atoms with Crippen molar-refractivity contribution >= 4 is 17.8 Å². The molecule has 0 aromatic heterocycles. The van der Waals surface area contributed by atoms with Gasteiger partial charge in [-0.3, -0.25) is 4.79 Å². The van der Waals surface area contributed by atoms with Gasteiger partial charge in [0.25, 0.3) is 0 Å². The van der Waals surface area contributed by atoms with Gasteiger partial charge in [0, 0.05) is 18.7 Å². The first kappa shape index (κ1) is 18.5. The molecular weight excluding hydrogens is 362 g/mol. The number of allylic oxidation sites excluding steroid dienone is 1. The number of carbonyl (C=O) groups is 2. The Labute approximate surface area is 152 Å². The predicted octanol–water partition coefficient (Wildman–Crippen LogP) is 3.46. The number of ketones is 1. The molecule has 140 valence electrons. The highest BCUT2D eigenvalue weighted by Crippen LogP contribution is 2.35. The second-order valence-electron chi connectivity index (χ2n) is 5.42. The number of Topliss-reactive ketones (excluding diaryl/α,β-unsaturated/α-hetero) is 1. The molecule has 0 fully saturated rings. The highest BCUT2D eigenvalue weighted by Gasteiger charge is 2.28. The van der Waals surface area contributed by atoms with Crippen molar-refractivity contribution in [1.29, 1.82) is 0 Å². The lowest BCUT2D eigenvalue weighted by atomic mass is 10.1. The van der Waals surface area contributed by atoms with Gasteiger partial charge in [0.2, 0.25) is 5.78 Å². The number of fused-ring (bicyclic) bond motifs is 1. The van der Waals surface area contributed by atoms with E-state index in [1.54, 1.807) is 6.07 Å². The monoisotopic (exact) mass is 376 g/mol. The summed E-state index contributed by atoms with van der Waals surface area (Å²) in [7, 11) is 1.36. The smallest absolute Gasteiger partial charge is 0.387 e. The number of rotatable bonds is 6. The Hall–Kier alpha value is -3.26. The average molecular weight is 376 g/mol. The largest absolute Gasteiger partial charge is 0.452 e. The van der Waals surface area contributed by atoms with Crippen LogP contribution in [0.5, 0.6) is 17.2 Å². The topological polar surface area (TPSA) is 71.1 Å². The van der Waals surface area contributed by atoms with Crippen molar-refractivity contribution in [2.75, 3.05) is 13.7 Å². The van der Waals surface area contributed by atoms with E-state index in [1.165, 1.54) is 49.6 Å². The van der Waals surface area contributed by atoms with Gasteiger partial charge in [0.05, 0.1) is 5.56 Å². The van der Waals surface area contributed by atoms with Gasteiger partial charge >= 0.3 is 12.6 Å². The minimum atomic E-state index is -2.99. The number of alkyl halides is 2. The van der Waals surface area contributed by atoms with Crippen LogP contribution in [-0.4, -0.2) is 32.1 Å². The van der Waals surface area contributed by atoms with E-state index >= 15 is 0 Å². The van der Waals surface area contributed by atoms with Gasteiger partial charge in [0.15, 0.2) is 5.76 Å². The highest BCUT2D eigenvalue weighted by atomic mass is 19.3. The van der Waals surface area contributed by atoms with E-state index in [4.69, 9.17) is 9.47 Å². The molecule has 0 N–H and O–H groups in total. The quantitative estimate of drug-likeness (QED) is 0.437. The molecule has 0 bridgehead atoms. The maximum absolute atomic E-state index is 12.5. The first-order valence-corrected chi connectivity index (χ1v) is 7.79. The van der Waals surface area contributed by atoms with Gasteiger partial charge in [-0.25, -0.2) is 4.79 Å². The van der Waals surface area contributed by atoms with E-state index in [9.17, 15) is 18.4 Å². The fourth-order valence-corrected chi connectivity index (χ4v) is 2.45. The molecule has 0 saturated heterocycles. The summed E-state index contributed by atoms with van der Waals surface area (Å²) in [6.07, 6.45) is 1.32. The molecule has 0 unspecified atom stereocenters. The average Bonchev–Trinajstić information content (AvgIpc) is 2.92. The molecule has 6 nitrogen and oxygen atoms in total. The third-order valence-corrected chi connectivity index (χ3v) is 3.56. The molecule has 1 aliphatic rings. The summed E-state index contributed by atoms with van der Waals surface area (Å²) in [6.45, 7) is -3.21. The van der Waals surface area contributed by atoms with Crippen molar-refractivity contribution in [2.45, 2.75) is 6.61 Å². The first-order valence-electron chi connectivity index (χ1n) is 7.79. The molecule has 0 spiro atoms. The lowest BCUT2D eigenvalue weighted by Gasteiger charge is -2.08. The van der Waals surface area contributed by atoms with Crippen LogP contribution in [0.4, 0.5) is 8.78 Å². The zero-order chi connectivity index (χ0) is 19.4. The van der Waals surface area contributed by atoms with Crippen LogP contribution in [0.2, 0.25) is 0 Å². The van der Waals surface area contributed by atoms with Crippen LogP contribution in [0.15, 0.2) is 48.2 Å². The van der Waals surface area contributed by atoms with Crippen LogP contribution in [0.25, 0.3) is 6.08 Å². The fraction of sp³-hybridized carbons (Fsp3) is 0.158. The number of hydrogen-bond acceptors (Lipinski definition) is 6. The van der Waals surface area contributed by atoms with Crippen molar-refractivity contribution in [3.63, 3.8) is 0 Å². The number of para-hydroxylation sites is 1. The molecule has 0 saturated carbocycles. The van der Waals surface area contributed by atoms with E-state index in [0.29, 0.717) is 0 Å². The molecule has 8 heteroatoms. The third-order valence-electron chi connectivity index (χ3n) is 3.56. The van der Waals surface area contributed by atoms with Gasteiger partial charge in [-0.1, -0.05) is 18.2 Å². The Morgan fingerprint density at radius 2 is 2.00 bits per heavy atom. The number of carbonyl (C=O) groups excluding carboxylic acids is 2. The Morgan fingerprint density at radius 1 is 1.22 bits per heavy atom. The molecular formula is C19H14F2O6.